The smallest absolute Gasteiger partial charge is 0.322 e. The third kappa shape index (κ3) is 5.03. The molecule has 8 heteroatoms. The molecular weight excluding hydrogens is 401 g/mol. The van der Waals surface area contributed by atoms with Crippen LogP contribution in [0.5, 0.6) is 0 Å². The Labute approximate surface area is 167 Å². The first-order valence-corrected chi connectivity index (χ1v) is 10.2. The van der Waals surface area contributed by atoms with Crippen LogP contribution < -0.4 is 10.5 Å². The fraction of sp³-hybridized carbons (Fsp3) is 0.143. The first-order valence-electron chi connectivity index (χ1n) is 8.73. The second-order valence-corrected chi connectivity index (χ2v) is 8.18. The maximum Gasteiger partial charge on any atom is 0.416 e. The van der Waals surface area contributed by atoms with Crippen LogP contribution in [0.3, 0.4) is 0 Å². The highest BCUT2D eigenvalue weighted by molar-refractivity contribution is 7.89. The zero-order valence-corrected chi connectivity index (χ0v) is 16.0. The van der Waals surface area contributed by atoms with Crippen molar-refractivity contribution >= 4 is 10.0 Å². The molecule has 0 saturated carbocycles. The van der Waals surface area contributed by atoms with Gasteiger partial charge in [0.1, 0.15) is 0 Å². The van der Waals surface area contributed by atoms with E-state index in [2.05, 4.69) is 4.72 Å². The van der Waals surface area contributed by atoms with Crippen molar-refractivity contribution < 1.29 is 21.6 Å². The van der Waals surface area contributed by atoms with E-state index in [9.17, 15) is 21.6 Å². The number of sulfonamides is 1. The molecule has 0 unspecified atom stereocenters. The second-order valence-electron chi connectivity index (χ2n) is 6.47. The van der Waals surface area contributed by atoms with Gasteiger partial charge in [-0.15, -0.1) is 0 Å². The molecule has 29 heavy (non-hydrogen) atoms. The van der Waals surface area contributed by atoms with Crippen molar-refractivity contribution in [3.05, 3.63) is 102 Å². The minimum atomic E-state index is -4.54. The first kappa shape index (κ1) is 21.0. The maximum absolute atomic E-state index is 12.9. The van der Waals surface area contributed by atoms with Crippen molar-refractivity contribution in [3.63, 3.8) is 0 Å². The minimum Gasteiger partial charge on any atom is -0.322 e. The molecule has 3 rings (SSSR count). The maximum atomic E-state index is 12.9. The topological polar surface area (TPSA) is 72.2 Å². The molecule has 0 aliphatic rings. The van der Waals surface area contributed by atoms with Gasteiger partial charge >= 0.3 is 6.18 Å². The van der Waals surface area contributed by atoms with E-state index >= 15 is 0 Å². The van der Waals surface area contributed by atoms with Gasteiger partial charge in [-0.25, -0.2) is 13.1 Å². The fourth-order valence-corrected chi connectivity index (χ4v) is 4.18. The Hall–Kier alpha value is -2.68. The molecule has 0 radical (unpaired) electrons. The van der Waals surface area contributed by atoms with Gasteiger partial charge in [0.2, 0.25) is 10.0 Å². The Morgan fingerprint density at radius 3 is 1.72 bits per heavy atom. The molecule has 3 aromatic carbocycles. The Kier molecular flexibility index (Phi) is 6.07. The highest BCUT2D eigenvalue weighted by atomic mass is 32.2. The first-order chi connectivity index (χ1) is 13.7. The predicted molar refractivity (Wildman–Crippen MR) is 104 cm³/mol. The second kappa shape index (κ2) is 8.36. The molecule has 0 saturated heterocycles. The van der Waals surface area contributed by atoms with Gasteiger partial charge in [-0.3, -0.25) is 0 Å². The van der Waals surface area contributed by atoms with Crippen LogP contribution in [0.1, 0.15) is 28.8 Å². The molecule has 2 atom stereocenters. The van der Waals surface area contributed by atoms with E-state index < -0.39 is 33.8 Å². The lowest BCUT2D eigenvalue weighted by Gasteiger charge is -2.26. The molecule has 0 bridgehead atoms. The van der Waals surface area contributed by atoms with Gasteiger partial charge in [0.25, 0.3) is 0 Å². The summed E-state index contributed by atoms with van der Waals surface area (Å²) in [5.41, 5.74) is 6.80. The van der Waals surface area contributed by atoms with Crippen LogP contribution >= 0.6 is 0 Å². The number of rotatable bonds is 6. The molecular formula is C21H19F3N2O2S. The number of hydrogen-bond acceptors (Lipinski definition) is 3. The molecule has 0 aromatic heterocycles. The molecule has 152 valence electrons. The molecule has 3 aromatic rings. The van der Waals surface area contributed by atoms with Crippen LogP contribution in [0.2, 0.25) is 0 Å². The summed E-state index contributed by atoms with van der Waals surface area (Å²) in [4.78, 5) is -0.272. The summed E-state index contributed by atoms with van der Waals surface area (Å²) < 4.78 is 66.6. The van der Waals surface area contributed by atoms with Crippen molar-refractivity contribution in [2.45, 2.75) is 23.2 Å². The largest absolute Gasteiger partial charge is 0.416 e. The number of nitrogens with one attached hydrogen (secondary N) is 1. The lowest BCUT2D eigenvalue weighted by Crippen LogP contribution is -2.36. The van der Waals surface area contributed by atoms with Crippen molar-refractivity contribution in [3.8, 4) is 0 Å². The number of benzene rings is 3. The van der Waals surface area contributed by atoms with Crippen molar-refractivity contribution in [2.75, 3.05) is 0 Å². The Balaban J connectivity index is 1.95. The minimum absolute atomic E-state index is 0.272. The average Bonchev–Trinajstić information content (AvgIpc) is 2.72. The lowest BCUT2D eigenvalue weighted by molar-refractivity contribution is -0.137. The van der Waals surface area contributed by atoms with E-state index in [0.29, 0.717) is 5.56 Å². The van der Waals surface area contributed by atoms with Crippen LogP contribution in [0.15, 0.2) is 89.8 Å². The van der Waals surface area contributed by atoms with Gasteiger partial charge in [-0.05, 0) is 35.4 Å². The summed E-state index contributed by atoms with van der Waals surface area (Å²) in [7, 11) is -4.12. The number of alkyl halides is 3. The monoisotopic (exact) mass is 420 g/mol. The molecule has 0 heterocycles. The van der Waals surface area contributed by atoms with Gasteiger partial charge in [-0.2, -0.15) is 13.2 Å². The number of halogens is 3. The summed E-state index contributed by atoms with van der Waals surface area (Å²) in [6, 6.07) is 19.6. The molecule has 3 N–H and O–H groups in total. The molecule has 0 fully saturated rings. The average molecular weight is 420 g/mol. The Morgan fingerprint density at radius 1 is 0.759 bits per heavy atom. The Bertz CT molecular complexity index is 1040. The van der Waals surface area contributed by atoms with E-state index in [0.717, 1.165) is 29.8 Å². The fourth-order valence-electron chi connectivity index (χ4n) is 2.94. The van der Waals surface area contributed by atoms with E-state index in [1.54, 1.807) is 54.6 Å². The lowest BCUT2D eigenvalue weighted by atomic mass is 9.95. The molecule has 0 spiro atoms. The van der Waals surface area contributed by atoms with E-state index in [4.69, 9.17) is 5.73 Å². The Morgan fingerprint density at radius 2 is 1.24 bits per heavy atom. The van der Waals surface area contributed by atoms with Gasteiger partial charge in [0, 0.05) is 0 Å². The highest BCUT2D eigenvalue weighted by Gasteiger charge is 2.31. The van der Waals surface area contributed by atoms with E-state index in [1.807, 2.05) is 6.07 Å². The third-order valence-electron chi connectivity index (χ3n) is 4.48. The van der Waals surface area contributed by atoms with Crippen LogP contribution in [0.25, 0.3) is 0 Å². The van der Waals surface area contributed by atoms with Gasteiger partial charge in [-0.1, -0.05) is 60.7 Å². The predicted octanol–water partition coefficient (Wildman–Crippen LogP) is 4.43. The summed E-state index contributed by atoms with van der Waals surface area (Å²) in [6.45, 7) is 0. The third-order valence-corrected chi connectivity index (χ3v) is 5.93. The van der Waals surface area contributed by atoms with Gasteiger partial charge in [0.15, 0.2) is 0 Å². The van der Waals surface area contributed by atoms with Crippen molar-refractivity contribution in [1.82, 2.24) is 4.72 Å². The van der Waals surface area contributed by atoms with Crippen LogP contribution in [-0.4, -0.2) is 8.42 Å². The summed E-state index contributed by atoms with van der Waals surface area (Å²) in [5.74, 6) is 0. The van der Waals surface area contributed by atoms with Crippen molar-refractivity contribution in [1.29, 1.82) is 0 Å². The van der Waals surface area contributed by atoms with Gasteiger partial charge < -0.3 is 5.73 Å². The van der Waals surface area contributed by atoms with E-state index in [1.165, 1.54) is 0 Å². The molecule has 0 aliphatic carbocycles. The van der Waals surface area contributed by atoms with Gasteiger partial charge in [0.05, 0.1) is 22.5 Å². The number of nitrogens with two attached hydrogens (primary N) is 1. The SMILES string of the molecule is N[C@H](c1ccccc1)[C@H](NS(=O)(=O)c1ccc(C(F)(F)F)cc1)c1ccccc1. The zero-order valence-electron chi connectivity index (χ0n) is 15.2. The summed E-state index contributed by atoms with van der Waals surface area (Å²) >= 11 is 0. The number of hydrogen-bond donors (Lipinski definition) is 2. The standard InChI is InChI=1S/C21H19F3N2O2S/c22-21(23,24)17-11-13-18(14-12-17)29(27,28)26-20(16-9-5-2-6-10-16)19(25)15-7-3-1-4-8-15/h1-14,19-20,26H,25H2/t19-,20-/m1/s1. The molecule has 0 amide bonds. The molecule has 4 nitrogen and oxygen atoms in total. The van der Waals surface area contributed by atoms with Crippen LogP contribution in [0, 0.1) is 0 Å². The van der Waals surface area contributed by atoms with Crippen molar-refractivity contribution in [2.24, 2.45) is 5.73 Å². The van der Waals surface area contributed by atoms with Crippen LogP contribution in [-0.2, 0) is 16.2 Å². The van der Waals surface area contributed by atoms with E-state index in [-0.39, 0.29) is 4.90 Å². The quantitative estimate of drug-likeness (QED) is 0.620. The van der Waals surface area contributed by atoms with Crippen LogP contribution in [0.4, 0.5) is 13.2 Å². The molecule has 0 aliphatic heterocycles. The highest BCUT2D eigenvalue weighted by Crippen LogP contribution is 2.31. The summed E-state index contributed by atoms with van der Waals surface area (Å²) in [6.07, 6.45) is -4.54. The summed E-state index contributed by atoms with van der Waals surface area (Å²) in [5, 5.41) is 0. The zero-order chi connectivity index (χ0) is 21.1. The normalized spacial score (nSPS) is 14.3.